The van der Waals surface area contributed by atoms with Gasteiger partial charge in [-0.3, -0.25) is 9.78 Å². The van der Waals surface area contributed by atoms with Crippen molar-refractivity contribution < 1.29 is 4.79 Å². The number of pyridine rings is 1. The highest BCUT2D eigenvalue weighted by atomic mass is 16.1. The zero-order valence-corrected chi connectivity index (χ0v) is 12.0. The number of fused-ring (bicyclic) bond motifs is 1. The Labute approximate surface area is 124 Å². The monoisotopic (exact) mass is 275 g/mol. The highest BCUT2D eigenvalue weighted by Gasteiger charge is 2.16. The van der Waals surface area contributed by atoms with Crippen molar-refractivity contribution in [3.05, 3.63) is 78.0 Å². The molecule has 1 unspecified atom stereocenters. The second kappa shape index (κ2) is 5.88. The van der Waals surface area contributed by atoms with Crippen molar-refractivity contribution in [2.24, 2.45) is 5.92 Å². The van der Waals surface area contributed by atoms with Crippen LogP contribution in [0.15, 0.2) is 66.9 Å². The summed E-state index contributed by atoms with van der Waals surface area (Å²) in [5.41, 5.74) is 2.90. The van der Waals surface area contributed by atoms with Crippen LogP contribution in [0, 0.1) is 5.92 Å². The smallest absolute Gasteiger partial charge is 0.165 e. The lowest BCUT2D eigenvalue weighted by Crippen LogP contribution is -2.14. The van der Waals surface area contributed by atoms with Crippen molar-refractivity contribution >= 4 is 16.7 Å². The lowest BCUT2D eigenvalue weighted by atomic mass is 9.92. The third-order valence-corrected chi connectivity index (χ3v) is 3.75. The van der Waals surface area contributed by atoms with Gasteiger partial charge in [-0.25, -0.2) is 0 Å². The first kappa shape index (κ1) is 13.5. The zero-order chi connectivity index (χ0) is 14.7. The number of benzene rings is 2. The minimum Gasteiger partial charge on any atom is -0.294 e. The number of hydrogen-bond acceptors (Lipinski definition) is 2. The molecular weight excluding hydrogens is 258 g/mol. The second-order valence-corrected chi connectivity index (χ2v) is 5.33. The molecule has 2 aromatic carbocycles. The number of rotatable bonds is 4. The maximum Gasteiger partial charge on any atom is 0.165 e. The van der Waals surface area contributed by atoms with Gasteiger partial charge in [-0.05, 0) is 18.1 Å². The fraction of sp³-hybridized carbons (Fsp3) is 0.158. The minimum atomic E-state index is -0.0555. The fourth-order valence-electron chi connectivity index (χ4n) is 2.64. The molecule has 1 heterocycles. The Hall–Kier alpha value is -2.48. The van der Waals surface area contributed by atoms with E-state index < -0.39 is 0 Å². The highest BCUT2D eigenvalue weighted by molar-refractivity contribution is 5.98. The molecule has 21 heavy (non-hydrogen) atoms. The second-order valence-electron chi connectivity index (χ2n) is 5.33. The number of Topliss-reactive ketones (excluding diaryl/α,β-unsaturated/α-hetero) is 1. The molecular formula is C19H17NO. The van der Waals surface area contributed by atoms with Gasteiger partial charge in [0.2, 0.25) is 0 Å². The summed E-state index contributed by atoms with van der Waals surface area (Å²) in [5, 5.41) is 1.12. The number of aromatic nitrogens is 1. The van der Waals surface area contributed by atoms with E-state index >= 15 is 0 Å². The molecule has 0 saturated heterocycles. The maximum absolute atomic E-state index is 12.5. The standard InChI is InChI=1S/C19H17NO/c1-14(19(21)16-7-3-2-4-8-16)13-17-10-5-9-15-11-6-12-20-18(15)17/h2-12,14H,13H2,1H3. The maximum atomic E-state index is 12.5. The van der Waals surface area contributed by atoms with Crippen LogP contribution in [0.2, 0.25) is 0 Å². The summed E-state index contributed by atoms with van der Waals surface area (Å²) in [7, 11) is 0. The molecule has 0 saturated carbocycles. The van der Waals surface area contributed by atoms with Gasteiger partial charge in [0.1, 0.15) is 0 Å². The van der Waals surface area contributed by atoms with Gasteiger partial charge in [-0.2, -0.15) is 0 Å². The Morgan fingerprint density at radius 2 is 1.76 bits per heavy atom. The van der Waals surface area contributed by atoms with Crippen LogP contribution in [0.4, 0.5) is 0 Å². The summed E-state index contributed by atoms with van der Waals surface area (Å²) in [6.45, 7) is 1.98. The van der Waals surface area contributed by atoms with Crippen molar-refractivity contribution in [2.45, 2.75) is 13.3 Å². The Morgan fingerprint density at radius 3 is 2.57 bits per heavy atom. The Morgan fingerprint density at radius 1 is 1.00 bits per heavy atom. The number of nitrogens with zero attached hydrogens (tertiary/aromatic N) is 1. The molecule has 3 rings (SSSR count). The van der Waals surface area contributed by atoms with Crippen LogP contribution in [0.25, 0.3) is 10.9 Å². The van der Waals surface area contributed by atoms with Crippen molar-refractivity contribution in [1.29, 1.82) is 0 Å². The summed E-state index contributed by atoms with van der Waals surface area (Å²) in [5.74, 6) is 0.128. The lowest BCUT2D eigenvalue weighted by molar-refractivity contribution is 0.0929. The van der Waals surface area contributed by atoms with Crippen LogP contribution >= 0.6 is 0 Å². The summed E-state index contributed by atoms with van der Waals surface area (Å²) in [6.07, 6.45) is 2.51. The van der Waals surface area contributed by atoms with Crippen LogP contribution in [-0.4, -0.2) is 10.8 Å². The van der Waals surface area contributed by atoms with Gasteiger partial charge >= 0.3 is 0 Å². The molecule has 0 aliphatic rings. The van der Waals surface area contributed by atoms with Crippen molar-refractivity contribution in [3.63, 3.8) is 0 Å². The third kappa shape index (κ3) is 2.84. The summed E-state index contributed by atoms with van der Waals surface area (Å²) in [4.78, 5) is 16.9. The van der Waals surface area contributed by atoms with Crippen LogP contribution in [-0.2, 0) is 6.42 Å². The van der Waals surface area contributed by atoms with E-state index in [-0.39, 0.29) is 11.7 Å². The van der Waals surface area contributed by atoms with E-state index in [1.807, 2.05) is 49.4 Å². The quantitative estimate of drug-likeness (QED) is 0.665. The summed E-state index contributed by atoms with van der Waals surface area (Å²) >= 11 is 0. The van der Waals surface area contributed by atoms with E-state index in [1.54, 1.807) is 6.20 Å². The first-order valence-corrected chi connectivity index (χ1v) is 7.17. The van der Waals surface area contributed by atoms with Crippen LogP contribution in [0.3, 0.4) is 0 Å². The molecule has 2 nitrogen and oxygen atoms in total. The Kier molecular flexibility index (Phi) is 3.78. The van der Waals surface area contributed by atoms with Gasteiger partial charge in [0.25, 0.3) is 0 Å². The van der Waals surface area contributed by atoms with E-state index in [9.17, 15) is 4.79 Å². The number of ketones is 1. The normalized spacial score (nSPS) is 12.2. The fourth-order valence-corrected chi connectivity index (χ4v) is 2.64. The molecule has 0 bridgehead atoms. The molecule has 0 aliphatic heterocycles. The predicted octanol–water partition coefficient (Wildman–Crippen LogP) is 4.30. The topological polar surface area (TPSA) is 30.0 Å². The molecule has 1 atom stereocenters. The number of hydrogen-bond donors (Lipinski definition) is 0. The van der Waals surface area contributed by atoms with Crippen LogP contribution in [0.1, 0.15) is 22.8 Å². The largest absolute Gasteiger partial charge is 0.294 e. The molecule has 0 radical (unpaired) electrons. The number of carbonyl (C=O) groups excluding carboxylic acids is 1. The molecule has 0 amide bonds. The first-order chi connectivity index (χ1) is 10.3. The van der Waals surface area contributed by atoms with Gasteiger partial charge in [-0.1, -0.05) is 61.5 Å². The molecule has 0 aliphatic carbocycles. The SMILES string of the molecule is CC(Cc1cccc2cccnc12)C(=O)c1ccccc1. The molecule has 2 heteroatoms. The average Bonchev–Trinajstić information content (AvgIpc) is 2.55. The lowest BCUT2D eigenvalue weighted by Gasteiger charge is -2.12. The van der Waals surface area contributed by atoms with E-state index in [4.69, 9.17) is 0 Å². The van der Waals surface area contributed by atoms with Gasteiger partial charge in [-0.15, -0.1) is 0 Å². The van der Waals surface area contributed by atoms with Gasteiger partial charge in [0.05, 0.1) is 5.52 Å². The van der Waals surface area contributed by atoms with Crippen LogP contribution < -0.4 is 0 Å². The van der Waals surface area contributed by atoms with Crippen LogP contribution in [0.5, 0.6) is 0 Å². The summed E-state index contributed by atoms with van der Waals surface area (Å²) < 4.78 is 0. The highest BCUT2D eigenvalue weighted by Crippen LogP contribution is 2.21. The number of para-hydroxylation sites is 1. The zero-order valence-electron chi connectivity index (χ0n) is 12.0. The van der Waals surface area contributed by atoms with Gasteiger partial charge in [0.15, 0.2) is 5.78 Å². The number of carbonyl (C=O) groups is 1. The van der Waals surface area contributed by atoms with E-state index in [1.165, 1.54) is 0 Å². The van der Waals surface area contributed by atoms with Crippen molar-refractivity contribution in [1.82, 2.24) is 4.98 Å². The average molecular weight is 275 g/mol. The Balaban J connectivity index is 1.87. The minimum absolute atomic E-state index is 0.0555. The van der Waals surface area contributed by atoms with E-state index in [0.29, 0.717) is 6.42 Å². The van der Waals surface area contributed by atoms with Crippen molar-refractivity contribution in [3.8, 4) is 0 Å². The Bertz CT molecular complexity index is 759. The summed E-state index contributed by atoms with van der Waals surface area (Å²) in [6, 6.07) is 19.6. The molecule has 3 aromatic rings. The molecule has 0 spiro atoms. The van der Waals surface area contributed by atoms with Gasteiger partial charge in [0, 0.05) is 23.1 Å². The van der Waals surface area contributed by atoms with Crippen molar-refractivity contribution in [2.75, 3.05) is 0 Å². The van der Waals surface area contributed by atoms with E-state index in [2.05, 4.69) is 23.2 Å². The molecule has 0 fully saturated rings. The van der Waals surface area contributed by atoms with E-state index in [0.717, 1.165) is 22.0 Å². The molecule has 104 valence electrons. The van der Waals surface area contributed by atoms with Gasteiger partial charge < -0.3 is 0 Å². The third-order valence-electron chi connectivity index (χ3n) is 3.75. The molecule has 0 N–H and O–H groups in total. The first-order valence-electron chi connectivity index (χ1n) is 7.17. The predicted molar refractivity (Wildman–Crippen MR) is 85.4 cm³/mol. The molecule has 1 aromatic heterocycles.